The van der Waals surface area contributed by atoms with Crippen molar-refractivity contribution in [3.05, 3.63) is 45.8 Å². The van der Waals surface area contributed by atoms with Crippen molar-refractivity contribution < 1.29 is 19.2 Å². The van der Waals surface area contributed by atoms with Crippen LogP contribution in [0.2, 0.25) is 0 Å². The number of carbonyl (C=O) groups is 1. The summed E-state index contributed by atoms with van der Waals surface area (Å²) in [6.45, 7) is 1.73. The summed E-state index contributed by atoms with van der Waals surface area (Å²) in [5, 5.41) is 19.4. The van der Waals surface area contributed by atoms with Gasteiger partial charge in [0.25, 0.3) is 5.91 Å². The molecule has 1 aromatic carbocycles. The van der Waals surface area contributed by atoms with Crippen molar-refractivity contribution >= 4 is 11.6 Å². The minimum Gasteiger partial charge on any atom is -0.497 e. The molecule has 0 bridgehead atoms. The maximum absolute atomic E-state index is 12.2. The summed E-state index contributed by atoms with van der Waals surface area (Å²) in [4.78, 5) is 22.4. The Labute approximate surface area is 131 Å². The maximum Gasteiger partial charge on any atom is 0.319 e. The van der Waals surface area contributed by atoms with Gasteiger partial charge in [-0.3, -0.25) is 20.0 Å². The first-order valence-corrected chi connectivity index (χ1v) is 6.68. The smallest absolute Gasteiger partial charge is 0.319 e. The van der Waals surface area contributed by atoms with E-state index in [2.05, 4.69) is 15.5 Å². The number of hydrogen-bond acceptors (Lipinski definition) is 6. The van der Waals surface area contributed by atoms with Gasteiger partial charge in [-0.25, -0.2) is 0 Å². The predicted octanol–water partition coefficient (Wildman–Crippen LogP) is 1.83. The minimum absolute atomic E-state index is 0.205. The van der Waals surface area contributed by atoms with Crippen LogP contribution < -0.4 is 14.8 Å². The second kappa shape index (κ2) is 6.77. The lowest BCUT2D eigenvalue weighted by Crippen LogP contribution is -2.27. The topological polar surface area (TPSA) is 119 Å². The molecule has 0 aliphatic carbocycles. The van der Waals surface area contributed by atoms with Gasteiger partial charge in [0, 0.05) is 5.56 Å². The molecule has 1 heterocycles. The molecular formula is C14H16N4O5. The van der Waals surface area contributed by atoms with E-state index in [1.165, 1.54) is 14.2 Å². The number of nitrogens with one attached hydrogen (secondary N) is 2. The van der Waals surface area contributed by atoms with Crippen LogP contribution in [0.25, 0.3) is 0 Å². The Kier molecular flexibility index (Phi) is 4.79. The molecule has 2 aromatic rings. The molecule has 1 amide bonds. The Hall–Kier alpha value is -3.10. The zero-order chi connectivity index (χ0) is 17.0. The molecule has 9 heteroatoms. The van der Waals surface area contributed by atoms with E-state index < -0.39 is 16.9 Å². The van der Waals surface area contributed by atoms with E-state index in [0.29, 0.717) is 17.1 Å². The lowest BCUT2D eigenvalue weighted by atomic mass is 10.1. The van der Waals surface area contributed by atoms with E-state index >= 15 is 0 Å². The lowest BCUT2D eigenvalue weighted by Gasteiger charge is -2.17. The molecular weight excluding hydrogens is 304 g/mol. The van der Waals surface area contributed by atoms with Crippen LogP contribution >= 0.6 is 0 Å². The van der Waals surface area contributed by atoms with Crippen LogP contribution in [0.3, 0.4) is 0 Å². The average Bonchev–Trinajstić information content (AvgIpc) is 3.04. The third kappa shape index (κ3) is 3.39. The third-order valence-corrected chi connectivity index (χ3v) is 3.29. The van der Waals surface area contributed by atoms with E-state index in [-0.39, 0.29) is 11.4 Å². The van der Waals surface area contributed by atoms with Gasteiger partial charge in [-0.15, -0.1) is 0 Å². The Bertz CT molecular complexity index is 728. The molecule has 0 fully saturated rings. The lowest BCUT2D eigenvalue weighted by molar-refractivity contribution is -0.385. The Morgan fingerprint density at radius 1 is 1.39 bits per heavy atom. The summed E-state index contributed by atoms with van der Waals surface area (Å²) < 4.78 is 10.4. The zero-order valence-electron chi connectivity index (χ0n) is 12.8. The number of nitro groups is 1. The van der Waals surface area contributed by atoms with Gasteiger partial charge in [-0.1, -0.05) is 0 Å². The standard InChI is InChI=1S/C14H16N4O5/c1-8(10-6-9(22-2)4-5-12(10)23-3)16-14(19)13-11(18(20)21)7-15-17-13/h4-8H,1-3H3,(H,15,17)(H,16,19). The van der Waals surface area contributed by atoms with Crippen molar-refractivity contribution in [3.8, 4) is 11.5 Å². The first-order chi connectivity index (χ1) is 11.0. The van der Waals surface area contributed by atoms with E-state index in [9.17, 15) is 14.9 Å². The number of nitrogens with zero attached hydrogens (tertiary/aromatic N) is 2. The molecule has 0 radical (unpaired) electrons. The number of hydrogen-bond donors (Lipinski definition) is 2. The molecule has 0 spiro atoms. The summed E-state index contributed by atoms with van der Waals surface area (Å²) in [6, 6.07) is 4.72. The predicted molar refractivity (Wildman–Crippen MR) is 80.7 cm³/mol. The van der Waals surface area contributed by atoms with Gasteiger partial charge in [-0.05, 0) is 25.1 Å². The molecule has 1 unspecified atom stereocenters. The highest BCUT2D eigenvalue weighted by molar-refractivity contribution is 5.96. The summed E-state index contributed by atoms with van der Waals surface area (Å²) in [5.74, 6) is 0.540. The number of aromatic nitrogens is 2. The second-order valence-corrected chi connectivity index (χ2v) is 4.69. The van der Waals surface area contributed by atoms with Gasteiger partial charge in [-0.2, -0.15) is 5.10 Å². The van der Waals surface area contributed by atoms with Crippen LogP contribution in [0, 0.1) is 10.1 Å². The highest BCUT2D eigenvalue weighted by atomic mass is 16.6. The SMILES string of the molecule is COc1ccc(OC)c(C(C)NC(=O)c2[nH]ncc2[N+](=O)[O-])c1. The van der Waals surface area contributed by atoms with Gasteiger partial charge in [0.1, 0.15) is 17.7 Å². The average molecular weight is 320 g/mol. The Morgan fingerprint density at radius 3 is 2.74 bits per heavy atom. The van der Waals surface area contributed by atoms with Crippen LogP contribution in [-0.2, 0) is 0 Å². The van der Waals surface area contributed by atoms with Crippen molar-refractivity contribution in [2.45, 2.75) is 13.0 Å². The van der Waals surface area contributed by atoms with E-state index in [4.69, 9.17) is 9.47 Å². The first kappa shape index (κ1) is 16.3. The highest BCUT2D eigenvalue weighted by Gasteiger charge is 2.25. The summed E-state index contributed by atoms with van der Waals surface area (Å²) in [5.41, 5.74) is 0.0957. The largest absolute Gasteiger partial charge is 0.497 e. The fourth-order valence-electron chi connectivity index (χ4n) is 2.11. The van der Waals surface area contributed by atoms with Crippen molar-refractivity contribution in [2.24, 2.45) is 0 Å². The number of amides is 1. The van der Waals surface area contributed by atoms with Crippen LogP contribution in [0.15, 0.2) is 24.4 Å². The Morgan fingerprint density at radius 2 is 2.13 bits per heavy atom. The molecule has 1 aromatic heterocycles. The normalized spacial score (nSPS) is 11.6. The molecule has 23 heavy (non-hydrogen) atoms. The molecule has 0 saturated carbocycles. The summed E-state index contributed by atoms with van der Waals surface area (Å²) >= 11 is 0. The second-order valence-electron chi connectivity index (χ2n) is 4.69. The number of methoxy groups -OCH3 is 2. The number of benzene rings is 1. The monoisotopic (exact) mass is 320 g/mol. The van der Waals surface area contributed by atoms with E-state index in [0.717, 1.165) is 6.20 Å². The van der Waals surface area contributed by atoms with Gasteiger partial charge in [0.15, 0.2) is 0 Å². The van der Waals surface area contributed by atoms with E-state index in [1.54, 1.807) is 25.1 Å². The van der Waals surface area contributed by atoms with Gasteiger partial charge in [0.05, 0.1) is 25.2 Å². The molecule has 2 rings (SSSR count). The third-order valence-electron chi connectivity index (χ3n) is 3.29. The maximum atomic E-state index is 12.2. The summed E-state index contributed by atoms with van der Waals surface area (Å²) in [7, 11) is 3.04. The molecule has 0 aliphatic heterocycles. The van der Waals surface area contributed by atoms with Crippen LogP contribution in [0.4, 0.5) is 5.69 Å². The van der Waals surface area contributed by atoms with Gasteiger partial charge >= 0.3 is 5.69 Å². The number of aromatic amines is 1. The fourth-order valence-corrected chi connectivity index (χ4v) is 2.11. The molecule has 1 atom stereocenters. The van der Waals surface area contributed by atoms with E-state index in [1.807, 2.05) is 0 Å². The highest BCUT2D eigenvalue weighted by Crippen LogP contribution is 2.29. The first-order valence-electron chi connectivity index (χ1n) is 6.68. The van der Waals surface area contributed by atoms with Crippen molar-refractivity contribution in [1.29, 1.82) is 0 Å². The van der Waals surface area contributed by atoms with Crippen molar-refractivity contribution in [2.75, 3.05) is 14.2 Å². The number of carbonyl (C=O) groups excluding carboxylic acids is 1. The molecule has 122 valence electrons. The molecule has 0 aliphatic rings. The van der Waals surface area contributed by atoms with Crippen LogP contribution in [0.1, 0.15) is 29.0 Å². The molecule has 0 saturated heterocycles. The van der Waals surface area contributed by atoms with Crippen LogP contribution in [-0.4, -0.2) is 35.2 Å². The van der Waals surface area contributed by atoms with Crippen molar-refractivity contribution in [3.63, 3.8) is 0 Å². The molecule has 2 N–H and O–H groups in total. The molecule has 9 nitrogen and oxygen atoms in total. The number of ether oxygens (including phenoxy) is 2. The minimum atomic E-state index is -0.671. The Balaban J connectivity index is 2.24. The van der Waals surface area contributed by atoms with Gasteiger partial charge < -0.3 is 14.8 Å². The van der Waals surface area contributed by atoms with Crippen molar-refractivity contribution in [1.82, 2.24) is 15.5 Å². The van der Waals surface area contributed by atoms with Gasteiger partial charge in [0.2, 0.25) is 5.69 Å². The quantitative estimate of drug-likeness (QED) is 0.619. The number of H-pyrrole nitrogens is 1. The zero-order valence-corrected chi connectivity index (χ0v) is 12.8. The number of rotatable bonds is 6. The summed E-state index contributed by atoms with van der Waals surface area (Å²) in [6.07, 6.45) is 0.992. The fraction of sp³-hybridized carbons (Fsp3) is 0.286. The van der Waals surface area contributed by atoms with Crippen LogP contribution in [0.5, 0.6) is 11.5 Å².